The van der Waals surface area contributed by atoms with E-state index >= 15 is 0 Å². The van der Waals surface area contributed by atoms with E-state index in [2.05, 4.69) is 25.2 Å². The summed E-state index contributed by atoms with van der Waals surface area (Å²) in [6.07, 6.45) is 9.83. The maximum atomic E-state index is 12.5. The molecule has 2 aromatic heterocycles. The summed E-state index contributed by atoms with van der Waals surface area (Å²) in [6, 6.07) is 9.86. The number of aromatic hydroxyl groups is 1. The van der Waals surface area contributed by atoms with E-state index in [0.717, 1.165) is 29.5 Å². The number of carbonyl (C=O) groups excluding carboxylic acids is 1. The number of amides is 1. The first kappa shape index (κ1) is 20.5. The molecule has 0 spiro atoms. The fourth-order valence-corrected chi connectivity index (χ4v) is 4.49. The highest BCUT2D eigenvalue weighted by Gasteiger charge is 2.23. The number of aromatic nitrogens is 5. The van der Waals surface area contributed by atoms with Crippen molar-refractivity contribution < 1.29 is 9.90 Å². The van der Waals surface area contributed by atoms with Crippen molar-refractivity contribution >= 4 is 17.7 Å². The Hall–Kier alpha value is -2.81. The molecule has 0 bridgehead atoms. The second-order valence-electron chi connectivity index (χ2n) is 7.41. The molecule has 1 amide bonds. The van der Waals surface area contributed by atoms with Crippen molar-refractivity contribution in [3.63, 3.8) is 0 Å². The summed E-state index contributed by atoms with van der Waals surface area (Å²) in [5.41, 5.74) is 0.806. The van der Waals surface area contributed by atoms with Gasteiger partial charge >= 0.3 is 0 Å². The topological polar surface area (TPSA) is 97.9 Å². The number of hydrogen-bond acceptors (Lipinski definition) is 6. The molecule has 4 rings (SSSR count). The molecule has 2 heterocycles. The molecule has 1 aliphatic rings. The van der Waals surface area contributed by atoms with E-state index in [0.29, 0.717) is 12.6 Å². The minimum absolute atomic E-state index is 0.0256. The van der Waals surface area contributed by atoms with Crippen LogP contribution in [0.2, 0.25) is 0 Å². The largest absolute Gasteiger partial charge is 0.504 e. The summed E-state index contributed by atoms with van der Waals surface area (Å²) >= 11 is 1.63. The van der Waals surface area contributed by atoms with Crippen LogP contribution in [0.1, 0.15) is 54.5 Å². The van der Waals surface area contributed by atoms with E-state index in [1.807, 2.05) is 36.6 Å². The maximum Gasteiger partial charge on any atom is 0.275 e. The number of carbonyl (C=O) groups is 1. The first-order valence-corrected chi connectivity index (χ1v) is 11.5. The lowest BCUT2D eigenvalue weighted by atomic mass is 10.2. The molecule has 3 aromatic rings. The zero-order valence-electron chi connectivity index (χ0n) is 17.0. The Labute approximate surface area is 179 Å². The van der Waals surface area contributed by atoms with Gasteiger partial charge in [-0.15, -0.1) is 10.2 Å². The van der Waals surface area contributed by atoms with Gasteiger partial charge in [-0.3, -0.25) is 4.79 Å². The lowest BCUT2D eigenvalue weighted by Crippen LogP contribution is -2.25. The minimum Gasteiger partial charge on any atom is -0.504 e. The number of benzene rings is 1. The SMILES string of the molecule is CSc1nnc(CCCNC(=O)c2nn(-c3ccccc3)cc2O)n1C1CCCC1. The van der Waals surface area contributed by atoms with Gasteiger partial charge in [0, 0.05) is 19.0 Å². The smallest absolute Gasteiger partial charge is 0.275 e. The number of thioether (sulfide) groups is 1. The molecule has 1 fully saturated rings. The van der Waals surface area contributed by atoms with E-state index in [4.69, 9.17) is 0 Å². The average Bonchev–Trinajstić information content (AvgIpc) is 3.51. The van der Waals surface area contributed by atoms with Gasteiger partial charge in [-0.25, -0.2) is 4.68 Å². The molecular formula is C21H26N6O2S. The molecule has 0 radical (unpaired) electrons. The molecule has 1 saturated carbocycles. The number of rotatable bonds is 8. The Morgan fingerprint density at radius 2 is 2.00 bits per heavy atom. The third-order valence-corrected chi connectivity index (χ3v) is 6.04. The van der Waals surface area contributed by atoms with Crippen LogP contribution in [-0.4, -0.2) is 48.4 Å². The van der Waals surface area contributed by atoms with Crippen molar-refractivity contribution in [2.75, 3.05) is 12.8 Å². The van der Waals surface area contributed by atoms with E-state index in [1.165, 1.54) is 36.6 Å². The van der Waals surface area contributed by atoms with Gasteiger partial charge in [0.2, 0.25) is 0 Å². The molecule has 30 heavy (non-hydrogen) atoms. The second-order valence-corrected chi connectivity index (χ2v) is 8.19. The Morgan fingerprint density at radius 1 is 1.23 bits per heavy atom. The highest BCUT2D eigenvalue weighted by atomic mass is 32.2. The van der Waals surface area contributed by atoms with Crippen LogP contribution in [0.4, 0.5) is 0 Å². The van der Waals surface area contributed by atoms with Crippen LogP contribution in [0.5, 0.6) is 5.75 Å². The second kappa shape index (κ2) is 9.34. The number of aryl methyl sites for hydroxylation is 1. The Bertz CT molecular complexity index is 994. The van der Waals surface area contributed by atoms with Crippen LogP contribution < -0.4 is 5.32 Å². The Kier molecular flexibility index (Phi) is 6.37. The third-order valence-electron chi connectivity index (χ3n) is 5.40. The number of hydrogen-bond donors (Lipinski definition) is 2. The third kappa shape index (κ3) is 4.35. The molecule has 2 N–H and O–H groups in total. The summed E-state index contributed by atoms with van der Waals surface area (Å²) in [4.78, 5) is 12.5. The van der Waals surface area contributed by atoms with Crippen LogP contribution in [-0.2, 0) is 6.42 Å². The molecule has 8 nitrogen and oxygen atoms in total. The van der Waals surface area contributed by atoms with Crippen LogP contribution in [0.15, 0.2) is 41.7 Å². The van der Waals surface area contributed by atoms with Gasteiger partial charge < -0.3 is 15.0 Å². The molecule has 1 aliphatic carbocycles. The standard InChI is InChI=1S/C21H26N6O2S/c1-30-21-24-23-18(27(21)16-10-5-6-11-16)12-7-13-22-20(29)19-17(28)14-26(25-19)15-8-3-2-4-9-15/h2-4,8-9,14,16,28H,5-7,10-13H2,1H3,(H,22,29). The summed E-state index contributed by atoms with van der Waals surface area (Å²) in [6.45, 7) is 0.475. The molecule has 158 valence electrons. The molecule has 0 aliphatic heterocycles. The monoisotopic (exact) mass is 426 g/mol. The number of para-hydroxylation sites is 1. The van der Waals surface area contributed by atoms with Crippen molar-refractivity contribution in [3.8, 4) is 11.4 Å². The molecule has 0 saturated heterocycles. The van der Waals surface area contributed by atoms with Crippen molar-refractivity contribution in [3.05, 3.63) is 48.0 Å². The maximum absolute atomic E-state index is 12.5. The van der Waals surface area contributed by atoms with Crippen molar-refractivity contribution in [2.45, 2.75) is 49.7 Å². The lowest BCUT2D eigenvalue weighted by molar-refractivity contribution is 0.0945. The predicted molar refractivity (Wildman–Crippen MR) is 115 cm³/mol. The predicted octanol–water partition coefficient (Wildman–Crippen LogP) is 3.37. The van der Waals surface area contributed by atoms with Crippen molar-refractivity contribution in [1.29, 1.82) is 0 Å². The van der Waals surface area contributed by atoms with E-state index in [9.17, 15) is 9.90 Å². The normalized spacial score (nSPS) is 14.3. The number of nitrogens with zero attached hydrogens (tertiary/aromatic N) is 5. The quantitative estimate of drug-likeness (QED) is 0.423. The van der Waals surface area contributed by atoms with Gasteiger partial charge in [0.05, 0.1) is 11.9 Å². The highest BCUT2D eigenvalue weighted by molar-refractivity contribution is 7.98. The van der Waals surface area contributed by atoms with Crippen LogP contribution in [0.3, 0.4) is 0 Å². The molecule has 0 atom stereocenters. The van der Waals surface area contributed by atoms with Crippen LogP contribution in [0.25, 0.3) is 5.69 Å². The van der Waals surface area contributed by atoms with Crippen molar-refractivity contribution in [2.24, 2.45) is 0 Å². The summed E-state index contributed by atoms with van der Waals surface area (Å²) in [5, 5.41) is 26.9. The minimum atomic E-state index is -0.385. The van der Waals surface area contributed by atoms with E-state index < -0.39 is 0 Å². The summed E-state index contributed by atoms with van der Waals surface area (Å²) in [5.74, 6) is 0.461. The number of nitrogens with one attached hydrogen (secondary N) is 1. The molecule has 1 aromatic carbocycles. The highest BCUT2D eigenvalue weighted by Crippen LogP contribution is 2.33. The molecular weight excluding hydrogens is 400 g/mol. The van der Waals surface area contributed by atoms with Crippen molar-refractivity contribution in [1.82, 2.24) is 29.9 Å². The molecule has 9 heteroatoms. The zero-order valence-corrected chi connectivity index (χ0v) is 17.8. The van der Waals surface area contributed by atoms with Gasteiger partial charge in [0.25, 0.3) is 5.91 Å². The van der Waals surface area contributed by atoms with Gasteiger partial charge in [0.15, 0.2) is 16.6 Å². The zero-order chi connectivity index (χ0) is 20.9. The molecule has 0 unspecified atom stereocenters. The van der Waals surface area contributed by atoms with Gasteiger partial charge in [-0.1, -0.05) is 42.8 Å². The summed E-state index contributed by atoms with van der Waals surface area (Å²) in [7, 11) is 0. The fourth-order valence-electron chi connectivity index (χ4n) is 3.92. The first-order valence-electron chi connectivity index (χ1n) is 10.3. The Balaban J connectivity index is 1.34. The van der Waals surface area contributed by atoms with E-state index in [1.54, 1.807) is 11.8 Å². The summed E-state index contributed by atoms with van der Waals surface area (Å²) < 4.78 is 3.78. The average molecular weight is 427 g/mol. The Morgan fingerprint density at radius 3 is 2.73 bits per heavy atom. The van der Waals surface area contributed by atoms with Gasteiger partial charge in [0.1, 0.15) is 5.82 Å². The van der Waals surface area contributed by atoms with Crippen LogP contribution >= 0.6 is 11.8 Å². The lowest BCUT2D eigenvalue weighted by Gasteiger charge is -2.16. The van der Waals surface area contributed by atoms with Gasteiger partial charge in [-0.2, -0.15) is 5.10 Å². The first-order chi connectivity index (χ1) is 14.7. The van der Waals surface area contributed by atoms with Crippen LogP contribution in [0, 0.1) is 0 Å². The van der Waals surface area contributed by atoms with E-state index in [-0.39, 0.29) is 17.4 Å². The van der Waals surface area contributed by atoms with Gasteiger partial charge in [-0.05, 0) is 37.7 Å². The fraction of sp³-hybridized carbons (Fsp3) is 0.429.